The fraction of sp³-hybridized carbons (Fsp3) is 0.750. The van der Waals surface area contributed by atoms with Crippen LogP contribution in [-0.4, -0.2) is 69.9 Å². The Bertz CT molecular complexity index is 543. The number of nitrogens with two attached hydrogens (primary N) is 1. The predicted octanol–water partition coefficient (Wildman–Crippen LogP) is -1.77. The zero-order valence-corrected chi connectivity index (χ0v) is 16.8. The fourth-order valence-corrected chi connectivity index (χ4v) is 2.28. The first-order chi connectivity index (χ1) is 12.4. The van der Waals surface area contributed by atoms with Crippen molar-refractivity contribution in [2.75, 3.05) is 5.75 Å². The molecule has 0 bridgehead atoms. The molecule has 0 aromatic heterocycles. The van der Waals surface area contributed by atoms with Crippen molar-refractivity contribution in [3.05, 3.63) is 0 Å². The van der Waals surface area contributed by atoms with Crippen molar-refractivity contribution in [1.82, 2.24) is 16.0 Å². The quantitative estimate of drug-likeness (QED) is 0.199. The Morgan fingerprint density at radius 3 is 1.93 bits per heavy atom. The number of amides is 3. The number of nitrogens with one attached hydrogen (secondary N) is 3. The van der Waals surface area contributed by atoms with E-state index in [1.165, 1.54) is 13.8 Å². The zero-order chi connectivity index (χ0) is 21.3. The van der Waals surface area contributed by atoms with E-state index in [1.54, 1.807) is 0 Å². The van der Waals surface area contributed by atoms with Crippen LogP contribution < -0.4 is 21.7 Å². The molecule has 5 unspecified atom stereocenters. The maximum Gasteiger partial charge on any atom is 0.328 e. The summed E-state index contributed by atoms with van der Waals surface area (Å²) >= 11 is 3.94. The summed E-state index contributed by atoms with van der Waals surface area (Å²) in [5.41, 5.74) is 5.59. The third-order valence-corrected chi connectivity index (χ3v) is 4.07. The van der Waals surface area contributed by atoms with Gasteiger partial charge in [0, 0.05) is 5.75 Å². The number of hydrogen-bond acceptors (Lipinski definition) is 7. The maximum atomic E-state index is 12.5. The third-order valence-electron chi connectivity index (χ3n) is 3.67. The second-order valence-electron chi connectivity index (χ2n) is 6.78. The smallest absolute Gasteiger partial charge is 0.328 e. The molecule has 0 saturated carbocycles. The summed E-state index contributed by atoms with van der Waals surface area (Å²) in [6, 6.07) is -4.37. The molecule has 0 aromatic rings. The molecule has 0 heterocycles. The number of carboxylic acid groups (broad SMARTS) is 1. The first-order valence-corrected chi connectivity index (χ1v) is 9.22. The van der Waals surface area contributed by atoms with Gasteiger partial charge in [0.05, 0.1) is 12.1 Å². The van der Waals surface area contributed by atoms with Crippen molar-refractivity contribution in [3.63, 3.8) is 0 Å². The van der Waals surface area contributed by atoms with Crippen LogP contribution in [0.25, 0.3) is 0 Å². The van der Waals surface area contributed by atoms with Crippen LogP contribution in [0, 0.1) is 5.92 Å². The topological polar surface area (TPSA) is 171 Å². The molecule has 0 rings (SSSR count). The van der Waals surface area contributed by atoms with Gasteiger partial charge in [0.15, 0.2) is 6.04 Å². The van der Waals surface area contributed by atoms with Crippen molar-refractivity contribution in [2.24, 2.45) is 11.7 Å². The maximum absolute atomic E-state index is 12.5. The molecule has 7 N–H and O–H groups in total. The third kappa shape index (κ3) is 9.07. The SMILES string of the molecule is CC(C)CC(NC(=O)C(N)CS)C(=O)NC(C)C(=O)NC(C(=O)O)C(C)O. The molecule has 11 heteroatoms. The Labute approximate surface area is 164 Å². The molecule has 156 valence electrons. The Balaban J connectivity index is 5.00. The van der Waals surface area contributed by atoms with Crippen LogP contribution in [0.15, 0.2) is 0 Å². The number of carbonyl (C=O) groups excluding carboxylic acids is 3. The molecule has 0 aliphatic carbocycles. The van der Waals surface area contributed by atoms with Crippen molar-refractivity contribution < 1.29 is 29.4 Å². The molecule has 0 radical (unpaired) electrons. The molecule has 0 saturated heterocycles. The van der Waals surface area contributed by atoms with Crippen LogP contribution >= 0.6 is 12.6 Å². The number of aliphatic hydroxyl groups excluding tert-OH is 1. The van der Waals surface area contributed by atoms with Gasteiger partial charge in [-0.1, -0.05) is 13.8 Å². The van der Waals surface area contributed by atoms with E-state index in [0.29, 0.717) is 6.42 Å². The minimum Gasteiger partial charge on any atom is -0.480 e. The molecule has 5 atom stereocenters. The average molecular weight is 407 g/mol. The van der Waals surface area contributed by atoms with Crippen molar-refractivity contribution in [2.45, 2.75) is 64.4 Å². The summed E-state index contributed by atoms with van der Waals surface area (Å²) < 4.78 is 0. The van der Waals surface area contributed by atoms with Crippen LogP contribution in [0.2, 0.25) is 0 Å². The van der Waals surface area contributed by atoms with Crippen molar-refractivity contribution in [1.29, 1.82) is 0 Å². The highest BCUT2D eigenvalue weighted by atomic mass is 32.1. The van der Waals surface area contributed by atoms with Gasteiger partial charge in [0.2, 0.25) is 17.7 Å². The number of aliphatic carboxylic acids is 1. The largest absolute Gasteiger partial charge is 0.480 e. The summed E-state index contributed by atoms with van der Waals surface area (Å²) in [5, 5.41) is 25.5. The summed E-state index contributed by atoms with van der Waals surface area (Å²) in [5.74, 6) is -3.14. The summed E-state index contributed by atoms with van der Waals surface area (Å²) in [4.78, 5) is 47.5. The van der Waals surface area contributed by atoms with E-state index in [-0.39, 0.29) is 11.7 Å². The van der Waals surface area contributed by atoms with Gasteiger partial charge < -0.3 is 31.9 Å². The van der Waals surface area contributed by atoms with Gasteiger partial charge in [-0.3, -0.25) is 14.4 Å². The molecule has 0 spiro atoms. The van der Waals surface area contributed by atoms with Crippen LogP contribution in [-0.2, 0) is 19.2 Å². The lowest BCUT2D eigenvalue weighted by Gasteiger charge is -2.24. The van der Waals surface area contributed by atoms with Crippen molar-refractivity contribution in [3.8, 4) is 0 Å². The van der Waals surface area contributed by atoms with E-state index >= 15 is 0 Å². The summed E-state index contributed by atoms with van der Waals surface area (Å²) in [6.07, 6.45) is -0.999. The van der Waals surface area contributed by atoms with Gasteiger partial charge in [-0.25, -0.2) is 4.79 Å². The van der Waals surface area contributed by atoms with Crippen LogP contribution in [0.5, 0.6) is 0 Å². The van der Waals surface area contributed by atoms with Crippen LogP contribution in [0.1, 0.15) is 34.1 Å². The number of hydrogen-bond donors (Lipinski definition) is 7. The molecule has 0 aromatic carbocycles. The van der Waals surface area contributed by atoms with E-state index in [4.69, 9.17) is 10.8 Å². The summed E-state index contributed by atoms with van der Waals surface area (Å²) in [7, 11) is 0. The van der Waals surface area contributed by atoms with E-state index in [2.05, 4.69) is 28.6 Å². The Morgan fingerprint density at radius 1 is 0.963 bits per heavy atom. The van der Waals surface area contributed by atoms with E-state index < -0.39 is 54.0 Å². The number of rotatable bonds is 11. The van der Waals surface area contributed by atoms with E-state index in [0.717, 1.165) is 0 Å². The molecular formula is C16H30N4O6S. The lowest BCUT2D eigenvalue weighted by Crippen LogP contribution is -2.57. The standard InChI is InChI=1S/C16H30N4O6S/c1-7(2)5-11(19-14(23)10(17)6-27)15(24)18-8(3)13(22)20-12(9(4)21)16(25)26/h7-12,21,27H,5-6,17H2,1-4H3,(H,18,24)(H,19,23)(H,20,22)(H,25,26). The fourth-order valence-electron chi connectivity index (χ4n) is 2.11. The number of carbonyl (C=O) groups is 4. The average Bonchev–Trinajstić information content (AvgIpc) is 2.56. The predicted molar refractivity (Wildman–Crippen MR) is 102 cm³/mol. The normalized spacial score (nSPS) is 16.6. The van der Waals surface area contributed by atoms with Gasteiger partial charge in [-0.15, -0.1) is 0 Å². The Morgan fingerprint density at radius 2 is 1.52 bits per heavy atom. The molecule has 0 fully saturated rings. The molecule has 10 nitrogen and oxygen atoms in total. The second kappa shape index (κ2) is 11.8. The zero-order valence-electron chi connectivity index (χ0n) is 15.9. The van der Waals surface area contributed by atoms with Gasteiger partial charge in [0.25, 0.3) is 0 Å². The molecule has 3 amide bonds. The van der Waals surface area contributed by atoms with Crippen molar-refractivity contribution >= 4 is 36.3 Å². The van der Waals surface area contributed by atoms with Gasteiger partial charge in [-0.05, 0) is 26.2 Å². The summed E-state index contributed by atoms with van der Waals surface area (Å²) in [6.45, 7) is 6.31. The lowest BCUT2D eigenvalue weighted by molar-refractivity contribution is -0.145. The van der Waals surface area contributed by atoms with Gasteiger partial charge in [-0.2, -0.15) is 12.6 Å². The minimum absolute atomic E-state index is 0.0732. The Kier molecular flexibility index (Phi) is 11.0. The second-order valence-corrected chi connectivity index (χ2v) is 7.14. The molecular weight excluding hydrogens is 376 g/mol. The molecule has 0 aliphatic heterocycles. The highest BCUT2D eigenvalue weighted by Crippen LogP contribution is 2.06. The Hall–Kier alpha value is -1.85. The monoisotopic (exact) mass is 406 g/mol. The number of carboxylic acids is 1. The van der Waals surface area contributed by atoms with Crippen LogP contribution in [0.3, 0.4) is 0 Å². The first-order valence-electron chi connectivity index (χ1n) is 8.59. The highest BCUT2D eigenvalue weighted by Gasteiger charge is 2.30. The van der Waals surface area contributed by atoms with E-state index in [9.17, 15) is 24.3 Å². The highest BCUT2D eigenvalue weighted by molar-refractivity contribution is 7.80. The van der Waals surface area contributed by atoms with Gasteiger partial charge >= 0.3 is 5.97 Å². The lowest BCUT2D eigenvalue weighted by atomic mass is 10.0. The van der Waals surface area contributed by atoms with Gasteiger partial charge in [0.1, 0.15) is 12.1 Å². The first kappa shape index (κ1) is 25.1. The minimum atomic E-state index is -1.50. The van der Waals surface area contributed by atoms with Crippen LogP contribution in [0.4, 0.5) is 0 Å². The molecule has 27 heavy (non-hydrogen) atoms. The molecule has 0 aliphatic rings. The number of thiol groups is 1. The van der Waals surface area contributed by atoms with E-state index in [1.807, 2.05) is 13.8 Å². The number of aliphatic hydroxyl groups is 1.